The van der Waals surface area contributed by atoms with Gasteiger partial charge in [-0.3, -0.25) is 5.10 Å². The number of benzene rings is 1. The number of aryl methyl sites for hydroxylation is 1. The van der Waals surface area contributed by atoms with Crippen LogP contribution in [-0.4, -0.2) is 33.4 Å². The van der Waals surface area contributed by atoms with Gasteiger partial charge < -0.3 is 9.84 Å². The van der Waals surface area contributed by atoms with Crippen molar-refractivity contribution >= 4 is 35.4 Å². The SMILES string of the molecule is COc1ccc(C=C(Sc2n[nH]c(C)n2)C(=O)O)cc1Cl. The minimum Gasteiger partial charge on any atom is -0.495 e. The van der Waals surface area contributed by atoms with Gasteiger partial charge in [-0.15, -0.1) is 5.10 Å². The summed E-state index contributed by atoms with van der Waals surface area (Å²) in [6.07, 6.45) is 1.50. The van der Waals surface area contributed by atoms with E-state index in [0.717, 1.165) is 11.8 Å². The number of halogens is 1. The summed E-state index contributed by atoms with van der Waals surface area (Å²) in [7, 11) is 1.51. The number of thioether (sulfide) groups is 1. The Kier molecular flexibility index (Phi) is 4.87. The van der Waals surface area contributed by atoms with Crippen molar-refractivity contribution in [1.82, 2.24) is 15.2 Å². The number of carboxylic acid groups (broad SMARTS) is 1. The Hall–Kier alpha value is -1.99. The zero-order valence-electron chi connectivity index (χ0n) is 11.3. The highest BCUT2D eigenvalue weighted by atomic mass is 35.5. The summed E-state index contributed by atoms with van der Waals surface area (Å²) < 4.78 is 5.05. The number of nitrogens with one attached hydrogen (secondary N) is 1. The number of carbonyl (C=O) groups is 1. The van der Waals surface area contributed by atoms with Crippen LogP contribution in [-0.2, 0) is 4.79 Å². The average molecular weight is 326 g/mol. The Morgan fingerprint density at radius 1 is 1.52 bits per heavy atom. The van der Waals surface area contributed by atoms with E-state index in [0.29, 0.717) is 27.3 Å². The molecule has 8 heteroatoms. The smallest absolute Gasteiger partial charge is 0.342 e. The van der Waals surface area contributed by atoms with Gasteiger partial charge in [0, 0.05) is 0 Å². The number of aliphatic carboxylic acids is 1. The number of rotatable bonds is 5. The third-order valence-corrected chi connectivity index (χ3v) is 3.64. The van der Waals surface area contributed by atoms with Crippen molar-refractivity contribution in [2.75, 3.05) is 7.11 Å². The third-order valence-electron chi connectivity index (χ3n) is 2.46. The number of aromatic amines is 1. The molecule has 6 nitrogen and oxygen atoms in total. The lowest BCUT2D eigenvalue weighted by Gasteiger charge is -2.04. The second kappa shape index (κ2) is 6.64. The molecule has 110 valence electrons. The lowest BCUT2D eigenvalue weighted by Crippen LogP contribution is -1.97. The van der Waals surface area contributed by atoms with Crippen LogP contribution in [0, 0.1) is 6.92 Å². The van der Waals surface area contributed by atoms with Crippen LogP contribution in [0.3, 0.4) is 0 Å². The van der Waals surface area contributed by atoms with Gasteiger partial charge in [0.1, 0.15) is 16.5 Å². The Bertz CT molecular complexity index is 700. The minimum atomic E-state index is -1.06. The minimum absolute atomic E-state index is 0.0928. The van der Waals surface area contributed by atoms with Crippen LogP contribution in [0.5, 0.6) is 5.75 Å². The fourth-order valence-corrected chi connectivity index (χ4v) is 2.54. The summed E-state index contributed by atoms with van der Waals surface area (Å²) in [4.78, 5) is 15.5. The Labute approximate surface area is 130 Å². The maximum absolute atomic E-state index is 11.3. The van der Waals surface area contributed by atoms with Crippen LogP contribution in [0.25, 0.3) is 6.08 Å². The molecule has 2 rings (SSSR count). The van der Waals surface area contributed by atoms with Crippen molar-refractivity contribution in [2.24, 2.45) is 0 Å². The van der Waals surface area contributed by atoms with E-state index in [1.54, 1.807) is 25.1 Å². The molecule has 2 aromatic rings. The largest absolute Gasteiger partial charge is 0.495 e. The second-order valence-electron chi connectivity index (χ2n) is 4.01. The number of aromatic nitrogens is 3. The first-order valence-corrected chi connectivity index (χ1v) is 7.04. The van der Waals surface area contributed by atoms with E-state index >= 15 is 0 Å². The van der Waals surface area contributed by atoms with Crippen molar-refractivity contribution < 1.29 is 14.6 Å². The lowest BCUT2D eigenvalue weighted by molar-refractivity contribution is -0.131. The first-order valence-electron chi connectivity index (χ1n) is 5.85. The number of H-pyrrole nitrogens is 1. The van der Waals surface area contributed by atoms with Crippen LogP contribution in [0.1, 0.15) is 11.4 Å². The molecule has 2 N–H and O–H groups in total. The van der Waals surface area contributed by atoms with Gasteiger partial charge in [0.15, 0.2) is 0 Å². The molecular weight excluding hydrogens is 314 g/mol. The van der Waals surface area contributed by atoms with Gasteiger partial charge in [-0.05, 0) is 42.5 Å². The molecule has 0 aliphatic rings. The molecule has 0 radical (unpaired) electrons. The second-order valence-corrected chi connectivity index (χ2v) is 5.43. The number of nitrogens with zero attached hydrogens (tertiary/aromatic N) is 2. The molecule has 0 saturated heterocycles. The molecule has 1 aromatic heterocycles. The summed E-state index contributed by atoms with van der Waals surface area (Å²) in [6, 6.07) is 5.03. The van der Waals surface area contributed by atoms with Crippen molar-refractivity contribution in [3.8, 4) is 5.75 Å². The zero-order chi connectivity index (χ0) is 15.4. The van der Waals surface area contributed by atoms with Crippen LogP contribution >= 0.6 is 23.4 Å². The van der Waals surface area contributed by atoms with Gasteiger partial charge in [-0.2, -0.15) is 0 Å². The van der Waals surface area contributed by atoms with E-state index in [2.05, 4.69) is 15.2 Å². The molecule has 0 bridgehead atoms. The monoisotopic (exact) mass is 325 g/mol. The predicted octanol–water partition coefficient (Wildman–Crippen LogP) is 2.99. The zero-order valence-corrected chi connectivity index (χ0v) is 12.8. The standard InChI is InChI=1S/C13H12ClN3O3S/c1-7-15-13(17-16-7)21-11(12(18)19)6-8-3-4-10(20-2)9(14)5-8/h3-6H,1-2H3,(H,18,19)(H,15,16,17). The molecule has 0 unspecified atom stereocenters. The van der Waals surface area contributed by atoms with Gasteiger partial charge in [0.2, 0.25) is 5.16 Å². The average Bonchev–Trinajstić information content (AvgIpc) is 2.83. The van der Waals surface area contributed by atoms with Crippen molar-refractivity contribution in [1.29, 1.82) is 0 Å². The molecular formula is C13H12ClN3O3S. The first kappa shape index (κ1) is 15.4. The molecule has 1 heterocycles. The molecule has 0 amide bonds. The number of methoxy groups -OCH3 is 1. The number of ether oxygens (including phenoxy) is 1. The predicted molar refractivity (Wildman–Crippen MR) is 80.6 cm³/mol. The van der Waals surface area contributed by atoms with Crippen LogP contribution in [0.2, 0.25) is 5.02 Å². The molecule has 0 saturated carbocycles. The van der Waals surface area contributed by atoms with Crippen LogP contribution < -0.4 is 4.74 Å². The highest BCUT2D eigenvalue weighted by Crippen LogP contribution is 2.29. The van der Waals surface area contributed by atoms with Crippen molar-refractivity contribution in [3.05, 3.63) is 39.5 Å². The van der Waals surface area contributed by atoms with Gasteiger partial charge in [-0.1, -0.05) is 17.7 Å². The highest BCUT2D eigenvalue weighted by molar-refractivity contribution is 8.04. The van der Waals surface area contributed by atoms with Gasteiger partial charge in [0.25, 0.3) is 0 Å². The van der Waals surface area contributed by atoms with E-state index < -0.39 is 5.97 Å². The van der Waals surface area contributed by atoms with Gasteiger partial charge in [-0.25, -0.2) is 9.78 Å². The molecule has 0 aliphatic heterocycles. The summed E-state index contributed by atoms with van der Waals surface area (Å²) in [5, 5.41) is 16.6. The summed E-state index contributed by atoms with van der Waals surface area (Å²) >= 11 is 6.98. The van der Waals surface area contributed by atoms with Crippen molar-refractivity contribution in [3.63, 3.8) is 0 Å². The van der Waals surface area contributed by atoms with Crippen molar-refractivity contribution in [2.45, 2.75) is 12.1 Å². The number of hydrogen-bond acceptors (Lipinski definition) is 5. The van der Waals surface area contributed by atoms with E-state index in [-0.39, 0.29) is 4.91 Å². The summed E-state index contributed by atoms with van der Waals surface area (Å²) in [5.74, 6) is 0.0899. The van der Waals surface area contributed by atoms with Crippen LogP contribution in [0.4, 0.5) is 0 Å². The maximum Gasteiger partial charge on any atom is 0.342 e. The van der Waals surface area contributed by atoms with Gasteiger partial charge in [0.05, 0.1) is 12.1 Å². The fraction of sp³-hybridized carbons (Fsp3) is 0.154. The number of carboxylic acids is 1. The summed E-state index contributed by atoms with van der Waals surface area (Å²) in [6.45, 7) is 1.74. The van der Waals surface area contributed by atoms with E-state index in [9.17, 15) is 9.90 Å². The van der Waals surface area contributed by atoms with E-state index in [1.807, 2.05) is 0 Å². The molecule has 21 heavy (non-hydrogen) atoms. The van der Waals surface area contributed by atoms with Crippen LogP contribution in [0.15, 0.2) is 28.3 Å². The number of hydrogen-bond donors (Lipinski definition) is 2. The Balaban J connectivity index is 2.29. The Morgan fingerprint density at radius 3 is 2.81 bits per heavy atom. The molecule has 1 aromatic carbocycles. The van der Waals surface area contributed by atoms with E-state index in [1.165, 1.54) is 13.2 Å². The summed E-state index contributed by atoms with van der Waals surface area (Å²) in [5.41, 5.74) is 0.651. The first-order chi connectivity index (χ1) is 9.99. The molecule has 0 fully saturated rings. The Morgan fingerprint density at radius 2 is 2.29 bits per heavy atom. The molecule has 0 spiro atoms. The third kappa shape index (κ3) is 3.99. The topological polar surface area (TPSA) is 88.1 Å². The lowest BCUT2D eigenvalue weighted by atomic mass is 10.2. The molecule has 0 aliphatic carbocycles. The fourth-order valence-electron chi connectivity index (χ4n) is 1.52. The van der Waals surface area contributed by atoms with E-state index in [4.69, 9.17) is 16.3 Å². The normalized spacial score (nSPS) is 11.5. The molecule has 0 atom stereocenters. The quantitative estimate of drug-likeness (QED) is 0.649. The highest BCUT2D eigenvalue weighted by Gasteiger charge is 2.13. The van der Waals surface area contributed by atoms with Gasteiger partial charge >= 0.3 is 5.97 Å². The maximum atomic E-state index is 11.3.